The number of pyridine rings is 1. The van der Waals surface area contributed by atoms with Gasteiger partial charge in [-0.2, -0.15) is 0 Å². The first kappa shape index (κ1) is 11.2. The second-order valence-electron chi connectivity index (χ2n) is 3.72. The topological polar surface area (TPSA) is 33.1 Å². The van der Waals surface area contributed by atoms with E-state index < -0.39 is 0 Å². The van der Waals surface area contributed by atoms with Gasteiger partial charge < -0.3 is 5.11 Å². The molecule has 0 aliphatic rings. The average Bonchev–Trinajstić information content (AvgIpc) is 2.18. The lowest BCUT2D eigenvalue weighted by Crippen LogP contribution is -2.01. The summed E-state index contributed by atoms with van der Waals surface area (Å²) in [5.74, 6) is 0. The molecule has 0 aliphatic carbocycles. The summed E-state index contributed by atoms with van der Waals surface area (Å²) in [7, 11) is 0. The minimum atomic E-state index is -0.388. The summed E-state index contributed by atoms with van der Waals surface area (Å²) in [5, 5.41) is 9.81. The third kappa shape index (κ3) is 3.46. The van der Waals surface area contributed by atoms with Crippen molar-refractivity contribution >= 4 is 0 Å². The second kappa shape index (κ2) is 5.76. The maximum Gasteiger partial charge on any atom is 0.0959 e. The van der Waals surface area contributed by atoms with Crippen LogP contribution in [-0.2, 0) is 0 Å². The molecule has 1 atom stereocenters. The minimum absolute atomic E-state index is 0.388. The number of hydrogen-bond acceptors (Lipinski definition) is 2. The summed E-state index contributed by atoms with van der Waals surface area (Å²) < 4.78 is 0. The highest BCUT2D eigenvalue weighted by Crippen LogP contribution is 2.17. The highest BCUT2D eigenvalue weighted by molar-refractivity contribution is 5.11. The first-order valence-electron chi connectivity index (χ1n) is 5.35. The van der Waals surface area contributed by atoms with Crippen LogP contribution in [0.2, 0.25) is 0 Å². The van der Waals surface area contributed by atoms with Gasteiger partial charge in [-0.05, 0) is 25.5 Å². The first-order chi connectivity index (χ1) is 6.74. The fourth-order valence-corrected chi connectivity index (χ4v) is 1.49. The summed E-state index contributed by atoms with van der Waals surface area (Å²) in [6.07, 6.45) is 3.88. The molecule has 1 aromatic heterocycles. The zero-order valence-corrected chi connectivity index (χ0v) is 9.03. The molecule has 0 saturated carbocycles. The van der Waals surface area contributed by atoms with Crippen LogP contribution >= 0.6 is 0 Å². The van der Waals surface area contributed by atoms with Crippen LogP contribution in [0, 0.1) is 6.92 Å². The Kier molecular flexibility index (Phi) is 4.60. The number of unbranched alkanes of at least 4 members (excludes halogenated alkanes) is 2. The van der Waals surface area contributed by atoms with Crippen LogP contribution in [0.3, 0.4) is 0 Å². The van der Waals surface area contributed by atoms with Crippen LogP contribution in [0.25, 0.3) is 0 Å². The number of aromatic nitrogens is 1. The molecule has 1 heterocycles. The van der Waals surface area contributed by atoms with Crippen LogP contribution < -0.4 is 0 Å². The summed E-state index contributed by atoms with van der Waals surface area (Å²) in [6, 6.07) is 5.78. The molecule has 2 heteroatoms. The van der Waals surface area contributed by atoms with Crippen molar-refractivity contribution < 1.29 is 5.11 Å². The lowest BCUT2D eigenvalue weighted by Gasteiger charge is -2.09. The summed E-state index contributed by atoms with van der Waals surface area (Å²) >= 11 is 0. The fraction of sp³-hybridized carbons (Fsp3) is 0.583. The lowest BCUT2D eigenvalue weighted by molar-refractivity contribution is 0.159. The van der Waals surface area contributed by atoms with E-state index in [1.165, 1.54) is 12.8 Å². The maximum atomic E-state index is 9.81. The van der Waals surface area contributed by atoms with E-state index in [9.17, 15) is 5.11 Å². The third-order valence-corrected chi connectivity index (χ3v) is 2.33. The SMILES string of the molecule is CCCCCC(O)c1cccc(C)n1. The first-order valence-corrected chi connectivity index (χ1v) is 5.35. The van der Waals surface area contributed by atoms with E-state index in [0.717, 1.165) is 24.2 Å². The van der Waals surface area contributed by atoms with Gasteiger partial charge >= 0.3 is 0 Å². The van der Waals surface area contributed by atoms with Crippen molar-refractivity contribution in [1.82, 2.24) is 4.98 Å². The molecule has 0 amide bonds. The number of aryl methyl sites for hydroxylation is 1. The quantitative estimate of drug-likeness (QED) is 0.729. The predicted octanol–water partition coefficient (Wildman–Crippen LogP) is 3.00. The van der Waals surface area contributed by atoms with Crippen LogP contribution in [0.5, 0.6) is 0 Å². The predicted molar refractivity (Wildman–Crippen MR) is 58.1 cm³/mol. The molecule has 0 saturated heterocycles. The largest absolute Gasteiger partial charge is 0.387 e. The minimum Gasteiger partial charge on any atom is -0.387 e. The molecule has 0 radical (unpaired) electrons. The van der Waals surface area contributed by atoms with Crippen molar-refractivity contribution in [3.63, 3.8) is 0 Å². The monoisotopic (exact) mass is 193 g/mol. The van der Waals surface area contributed by atoms with Gasteiger partial charge in [0.15, 0.2) is 0 Å². The van der Waals surface area contributed by atoms with Crippen LogP contribution in [-0.4, -0.2) is 10.1 Å². The van der Waals surface area contributed by atoms with Crippen molar-refractivity contribution in [3.8, 4) is 0 Å². The van der Waals surface area contributed by atoms with E-state index in [0.29, 0.717) is 0 Å². The molecule has 1 N–H and O–H groups in total. The standard InChI is InChI=1S/C12H19NO/c1-3-4-5-9-12(14)11-8-6-7-10(2)13-11/h6-8,12,14H,3-5,9H2,1-2H3. The van der Waals surface area contributed by atoms with Crippen molar-refractivity contribution in [2.24, 2.45) is 0 Å². The third-order valence-electron chi connectivity index (χ3n) is 2.33. The van der Waals surface area contributed by atoms with Crippen LogP contribution in [0.4, 0.5) is 0 Å². The van der Waals surface area contributed by atoms with Gasteiger partial charge in [-0.15, -0.1) is 0 Å². The van der Waals surface area contributed by atoms with Gasteiger partial charge in [0.1, 0.15) is 0 Å². The van der Waals surface area contributed by atoms with E-state index in [1.54, 1.807) is 0 Å². The molecular formula is C12H19NO. The number of rotatable bonds is 5. The number of nitrogens with zero attached hydrogens (tertiary/aromatic N) is 1. The second-order valence-corrected chi connectivity index (χ2v) is 3.72. The Hall–Kier alpha value is -0.890. The number of aliphatic hydroxyl groups excluding tert-OH is 1. The Morgan fingerprint density at radius 1 is 1.36 bits per heavy atom. The Morgan fingerprint density at radius 2 is 2.14 bits per heavy atom. The zero-order valence-electron chi connectivity index (χ0n) is 9.03. The van der Waals surface area contributed by atoms with E-state index in [4.69, 9.17) is 0 Å². The molecule has 1 rings (SSSR count). The smallest absolute Gasteiger partial charge is 0.0959 e. The summed E-state index contributed by atoms with van der Waals surface area (Å²) in [6.45, 7) is 4.11. The van der Waals surface area contributed by atoms with Gasteiger partial charge in [-0.3, -0.25) is 4.98 Å². The molecule has 1 unspecified atom stereocenters. The Bertz CT molecular complexity index is 273. The van der Waals surface area contributed by atoms with E-state index in [1.807, 2.05) is 25.1 Å². The van der Waals surface area contributed by atoms with Gasteiger partial charge in [0, 0.05) is 5.69 Å². The van der Waals surface area contributed by atoms with Crippen LogP contribution in [0.15, 0.2) is 18.2 Å². The Morgan fingerprint density at radius 3 is 2.79 bits per heavy atom. The normalized spacial score (nSPS) is 12.8. The van der Waals surface area contributed by atoms with Gasteiger partial charge in [-0.1, -0.05) is 32.3 Å². The molecule has 14 heavy (non-hydrogen) atoms. The maximum absolute atomic E-state index is 9.81. The van der Waals surface area contributed by atoms with Crippen molar-refractivity contribution in [2.45, 2.75) is 45.6 Å². The fourth-order valence-electron chi connectivity index (χ4n) is 1.49. The highest BCUT2D eigenvalue weighted by Gasteiger charge is 2.07. The summed E-state index contributed by atoms with van der Waals surface area (Å²) in [4.78, 5) is 4.30. The molecule has 1 aromatic rings. The Balaban J connectivity index is 2.47. The summed E-state index contributed by atoms with van der Waals surface area (Å²) in [5.41, 5.74) is 1.78. The van der Waals surface area contributed by atoms with Crippen molar-refractivity contribution in [1.29, 1.82) is 0 Å². The molecule has 0 spiro atoms. The van der Waals surface area contributed by atoms with Gasteiger partial charge in [0.05, 0.1) is 11.8 Å². The van der Waals surface area contributed by atoms with Gasteiger partial charge in [-0.25, -0.2) is 0 Å². The molecule has 2 nitrogen and oxygen atoms in total. The van der Waals surface area contributed by atoms with E-state index in [-0.39, 0.29) is 6.10 Å². The Labute approximate surface area is 86.0 Å². The van der Waals surface area contributed by atoms with Crippen molar-refractivity contribution in [3.05, 3.63) is 29.6 Å². The molecule has 0 fully saturated rings. The zero-order chi connectivity index (χ0) is 10.4. The van der Waals surface area contributed by atoms with Crippen molar-refractivity contribution in [2.75, 3.05) is 0 Å². The molecule has 0 aromatic carbocycles. The van der Waals surface area contributed by atoms with Gasteiger partial charge in [0.2, 0.25) is 0 Å². The molecule has 78 valence electrons. The highest BCUT2D eigenvalue weighted by atomic mass is 16.3. The average molecular weight is 193 g/mol. The molecule has 0 aliphatic heterocycles. The molecule has 0 bridgehead atoms. The lowest BCUT2D eigenvalue weighted by atomic mass is 10.1. The van der Waals surface area contributed by atoms with Crippen LogP contribution in [0.1, 0.15) is 50.1 Å². The van der Waals surface area contributed by atoms with E-state index >= 15 is 0 Å². The number of hydrogen-bond donors (Lipinski definition) is 1. The van der Waals surface area contributed by atoms with E-state index in [2.05, 4.69) is 11.9 Å². The molecular weight excluding hydrogens is 174 g/mol. The number of aliphatic hydroxyl groups is 1. The van der Waals surface area contributed by atoms with Gasteiger partial charge in [0.25, 0.3) is 0 Å².